The summed E-state index contributed by atoms with van der Waals surface area (Å²) in [5.74, 6) is -0.0412. The molecule has 0 aromatic rings. The topological polar surface area (TPSA) is 69.6 Å². The summed E-state index contributed by atoms with van der Waals surface area (Å²) in [6.07, 6.45) is 1.84. The smallest absolute Gasteiger partial charge is 0.222 e. The van der Waals surface area contributed by atoms with Gasteiger partial charge in [-0.05, 0) is 12.8 Å². The summed E-state index contributed by atoms with van der Waals surface area (Å²) in [7, 11) is 1.66. The van der Waals surface area contributed by atoms with Crippen LogP contribution in [0.1, 0.15) is 39.5 Å². The van der Waals surface area contributed by atoms with E-state index in [2.05, 4.69) is 5.32 Å². The van der Waals surface area contributed by atoms with Gasteiger partial charge in [-0.25, -0.2) is 0 Å². The van der Waals surface area contributed by atoms with Gasteiger partial charge in [0.2, 0.25) is 11.8 Å². The lowest BCUT2D eigenvalue weighted by Crippen LogP contribution is -2.40. The van der Waals surface area contributed by atoms with Crippen molar-refractivity contribution in [1.82, 2.24) is 10.2 Å². The Balaban J connectivity index is 3.81. The van der Waals surface area contributed by atoms with E-state index in [1.54, 1.807) is 7.05 Å². The molecule has 0 radical (unpaired) electrons. The molecular formula is C12H24N2O3. The Morgan fingerprint density at radius 1 is 1.24 bits per heavy atom. The van der Waals surface area contributed by atoms with E-state index in [1.165, 1.54) is 4.90 Å². The van der Waals surface area contributed by atoms with Gasteiger partial charge in [-0.3, -0.25) is 9.59 Å². The van der Waals surface area contributed by atoms with E-state index in [1.807, 2.05) is 13.8 Å². The molecule has 0 aromatic carbocycles. The van der Waals surface area contributed by atoms with E-state index < -0.39 is 6.10 Å². The summed E-state index contributed by atoms with van der Waals surface area (Å²) in [5.41, 5.74) is 0. The molecule has 0 spiro atoms. The van der Waals surface area contributed by atoms with Crippen LogP contribution in [0.2, 0.25) is 0 Å². The molecule has 0 rings (SSSR count). The van der Waals surface area contributed by atoms with Gasteiger partial charge in [0.25, 0.3) is 0 Å². The summed E-state index contributed by atoms with van der Waals surface area (Å²) in [6, 6.07) is 0. The van der Waals surface area contributed by atoms with Gasteiger partial charge < -0.3 is 15.3 Å². The molecule has 17 heavy (non-hydrogen) atoms. The molecule has 0 aromatic heterocycles. The Labute approximate surface area is 103 Å². The van der Waals surface area contributed by atoms with E-state index in [9.17, 15) is 14.7 Å². The van der Waals surface area contributed by atoms with E-state index in [0.29, 0.717) is 12.8 Å². The van der Waals surface area contributed by atoms with Crippen molar-refractivity contribution in [2.75, 3.05) is 20.1 Å². The lowest BCUT2D eigenvalue weighted by atomic mass is 10.2. The number of rotatable bonds is 8. The first-order valence-corrected chi connectivity index (χ1v) is 6.19. The Bertz CT molecular complexity index is 244. The molecular weight excluding hydrogens is 220 g/mol. The summed E-state index contributed by atoms with van der Waals surface area (Å²) < 4.78 is 0. The van der Waals surface area contributed by atoms with Crippen LogP contribution in [-0.4, -0.2) is 48.1 Å². The zero-order valence-electron chi connectivity index (χ0n) is 11.0. The van der Waals surface area contributed by atoms with Crippen LogP contribution in [0.15, 0.2) is 0 Å². The van der Waals surface area contributed by atoms with E-state index in [0.717, 1.165) is 12.8 Å². The highest BCUT2D eigenvalue weighted by Crippen LogP contribution is 1.96. The number of hydrogen-bond donors (Lipinski definition) is 2. The van der Waals surface area contributed by atoms with Gasteiger partial charge in [-0.1, -0.05) is 13.8 Å². The molecule has 5 nitrogen and oxygen atoms in total. The zero-order chi connectivity index (χ0) is 13.3. The molecule has 0 aliphatic carbocycles. The van der Waals surface area contributed by atoms with Crippen molar-refractivity contribution in [3.8, 4) is 0 Å². The molecule has 5 heteroatoms. The van der Waals surface area contributed by atoms with Crippen molar-refractivity contribution in [1.29, 1.82) is 0 Å². The number of carbonyl (C=O) groups excluding carboxylic acids is 2. The molecule has 0 aliphatic rings. The van der Waals surface area contributed by atoms with Crippen molar-refractivity contribution in [3.63, 3.8) is 0 Å². The lowest BCUT2D eigenvalue weighted by Gasteiger charge is -2.21. The normalized spacial score (nSPS) is 12.0. The van der Waals surface area contributed by atoms with Gasteiger partial charge in [0, 0.05) is 33.0 Å². The van der Waals surface area contributed by atoms with E-state index in [-0.39, 0.29) is 24.9 Å². The van der Waals surface area contributed by atoms with Gasteiger partial charge in [-0.2, -0.15) is 0 Å². The molecule has 0 fully saturated rings. The van der Waals surface area contributed by atoms with E-state index in [4.69, 9.17) is 0 Å². The lowest BCUT2D eigenvalue weighted by molar-refractivity contribution is -0.131. The van der Waals surface area contributed by atoms with Crippen molar-refractivity contribution >= 4 is 11.8 Å². The highest BCUT2D eigenvalue weighted by atomic mass is 16.3. The molecule has 0 saturated carbocycles. The third-order valence-electron chi connectivity index (χ3n) is 2.39. The second-order valence-electron chi connectivity index (χ2n) is 4.23. The minimum Gasteiger partial charge on any atom is -0.389 e. The quantitative estimate of drug-likeness (QED) is 0.654. The van der Waals surface area contributed by atoms with Gasteiger partial charge in [0.15, 0.2) is 0 Å². The van der Waals surface area contributed by atoms with Gasteiger partial charge in [0.1, 0.15) is 0 Å². The summed E-state index contributed by atoms with van der Waals surface area (Å²) in [4.78, 5) is 24.1. The van der Waals surface area contributed by atoms with Gasteiger partial charge >= 0.3 is 0 Å². The third kappa shape index (κ3) is 7.74. The number of aliphatic hydroxyl groups is 1. The summed E-state index contributed by atoms with van der Waals surface area (Å²) >= 11 is 0. The predicted octanol–water partition coefficient (Wildman–Crippen LogP) is 0.522. The number of likely N-dealkylation sites (N-methyl/N-ethyl adjacent to an activating group) is 1. The first kappa shape index (κ1) is 15.9. The Morgan fingerprint density at radius 3 is 2.35 bits per heavy atom. The van der Waals surface area contributed by atoms with Crippen LogP contribution in [0.25, 0.3) is 0 Å². The van der Waals surface area contributed by atoms with E-state index >= 15 is 0 Å². The van der Waals surface area contributed by atoms with Crippen molar-refractivity contribution in [2.45, 2.75) is 45.6 Å². The summed E-state index contributed by atoms with van der Waals surface area (Å²) in [6.45, 7) is 4.31. The highest BCUT2D eigenvalue weighted by Gasteiger charge is 2.13. The molecule has 0 saturated heterocycles. The number of carbonyl (C=O) groups is 2. The number of nitrogens with one attached hydrogen (secondary N) is 1. The monoisotopic (exact) mass is 244 g/mol. The largest absolute Gasteiger partial charge is 0.389 e. The third-order valence-corrected chi connectivity index (χ3v) is 2.39. The first-order valence-electron chi connectivity index (χ1n) is 6.19. The molecule has 2 N–H and O–H groups in total. The first-order chi connectivity index (χ1) is 8.01. The van der Waals surface area contributed by atoms with Crippen LogP contribution in [-0.2, 0) is 9.59 Å². The second-order valence-corrected chi connectivity index (χ2v) is 4.23. The average Bonchev–Trinajstić information content (AvgIpc) is 2.27. The summed E-state index contributed by atoms with van der Waals surface area (Å²) in [5, 5.41) is 12.3. The van der Waals surface area contributed by atoms with Gasteiger partial charge in [0.05, 0.1) is 6.10 Å². The molecule has 0 bridgehead atoms. The number of amides is 2. The number of nitrogens with zero attached hydrogens (tertiary/aromatic N) is 1. The maximum absolute atomic E-state index is 11.4. The Kier molecular flexibility index (Phi) is 8.40. The van der Waals surface area contributed by atoms with Crippen molar-refractivity contribution in [3.05, 3.63) is 0 Å². The maximum Gasteiger partial charge on any atom is 0.222 e. The van der Waals surface area contributed by atoms with Crippen LogP contribution < -0.4 is 5.32 Å². The minimum atomic E-state index is -0.707. The molecule has 2 amide bonds. The maximum atomic E-state index is 11.4. The van der Waals surface area contributed by atoms with Crippen LogP contribution in [0.5, 0.6) is 0 Å². The standard InChI is InChI=1S/C12H24N2O3/c1-4-6-11(16)13-8-10(15)9-14(3)12(17)7-5-2/h10,15H,4-9H2,1-3H3,(H,13,16)/t10-/m1/s1. The van der Waals surface area contributed by atoms with Crippen molar-refractivity contribution < 1.29 is 14.7 Å². The average molecular weight is 244 g/mol. The predicted molar refractivity (Wildman–Crippen MR) is 66.5 cm³/mol. The van der Waals surface area contributed by atoms with Crippen LogP contribution in [0, 0.1) is 0 Å². The number of hydrogen-bond acceptors (Lipinski definition) is 3. The zero-order valence-corrected chi connectivity index (χ0v) is 11.0. The van der Waals surface area contributed by atoms with Crippen LogP contribution >= 0.6 is 0 Å². The fourth-order valence-corrected chi connectivity index (χ4v) is 1.43. The van der Waals surface area contributed by atoms with Gasteiger partial charge in [-0.15, -0.1) is 0 Å². The van der Waals surface area contributed by atoms with Crippen LogP contribution in [0.3, 0.4) is 0 Å². The number of aliphatic hydroxyl groups excluding tert-OH is 1. The SMILES string of the molecule is CCCC(=O)NC[C@@H](O)CN(C)C(=O)CCC. The minimum absolute atomic E-state index is 0.0198. The molecule has 0 heterocycles. The molecule has 1 atom stereocenters. The van der Waals surface area contributed by atoms with Crippen LogP contribution in [0.4, 0.5) is 0 Å². The Hall–Kier alpha value is -1.10. The fourth-order valence-electron chi connectivity index (χ4n) is 1.43. The van der Waals surface area contributed by atoms with Crippen molar-refractivity contribution in [2.24, 2.45) is 0 Å². The highest BCUT2D eigenvalue weighted by molar-refractivity contribution is 5.76. The molecule has 100 valence electrons. The molecule has 0 unspecified atom stereocenters. The fraction of sp³-hybridized carbons (Fsp3) is 0.833. The second kappa shape index (κ2) is 8.98. The Morgan fingerprint density at radius 2 is 1.82 bits per heavy atom. The molecule has 0 aliphatic heterocycles.